The van der Waals surface area contributed by atoms with E-state index in [9.17, 15) is 13.2 Å². The molecule has 0 saturated carbocycles. The Labute approximate surface area is 133 Å². The molecule has 0 fully saturated rings. The molecule has 1 heterocycles. The van der Waals surface area contributed by atoms with Gasteiger partial charge in [-0.2, -0.15) is 13.2 Å². The zero-order valence-electron chi connectivity index (χ0n) is 13.0. The van der Waals surface area contributed by atoms with Crippen LogP contribution in [-0.4, -0.2) is 12.9 Å². The molecule has 1 unspecified atom stereocenters. The molecule has 2 N–H and O–H groups in total. The van der Waals surface area contributed by atoms with Crippen LogP contribution >= 0.6 is 0 Å². The molecule has 2 aliphatic rings. The smallest absolute Gasteiger partial charge is 0.365 e. The standard InChI is InChI=1S/C17H20F3N3/c1-21-15-12-8-3-2-4-10-14(12)22-16(23-15)11-7-5-6-9-13(11)17(18,19)20/h5-7,9,16,22H,2-4,8,10H2,1H3,(H,21,23). The highest BCUT2D eigenvalue weighted by Crippen LogP contribution is 2.36. The van der Waals surface area contributed by atoms with Crippen molar-refractivity contribution in [2.24, 2.45) is 4.99 Å². The Bertz CT molecular complexity index is 647. The number of rotatable bonds is 1. The van der Waals surface area contributed by atoms with E-state index in [0.29, 0.717) is 5.84 Å². The number of allylic oxidation sites excluding steroid dienone is 1. The maximum Gasteiger partial charge on any atom is 0.416 e. The maximum absolute atomic E-state index is 13.3. The first-order valence-electron chi connectivity index (χ1n) is 7.89. The first-order valence-corrected chi connectivity index (χ1v) is 7.89. The minimum Gasteiger partial charge on any atom is -0.365 e. The number of benzene rings is 1. The van der Waals surface area contributed by atoms with Gasteiger partial charge in [0, 0.05) is 23.9 Å². The Hall–Kier alpha value is -1.98. The third-order valence-electron chi connectivity index (χ3n) is 4.40. The van der Waals surface area contributed by atoms with Gasteiger partial charge < -0.3 is 10.6 Å². The van der Waals surface area contributed by atoms with Crippen LogP contribution in [0.15, 0.2) is 40.5 Å². The lowest BCUT2D eigenvalue weighted by molar-refractivity contribution is -0.138. The first-order chi connectivity index (χ1) is 11.0. The quantitative estimate of drug-likeness (QED) is 0.815. The van der Waals surface area contributed by atoms with Gasteiger partial charge in [0.15, 0.2) is 0 Å². The fourth-order valence-corrected chi connectivity index (χ4v) is 3.30. The molecule has 1 atom stereocenters. The van der Waals surface area contributed by atoms with E-state index in [4.69, 9.17) is 0 Å². The first kappa shape index (κ1) is 15.9. The van der Waals surface area contributed by atoms with Gasteiger partial charge in [-0.25, -0.2) is 0 Å². The highest BCUT2D eigenvalue weighted by atomic mass is 19.4. The Morgan fingerprint density at radius 2 is 1.78 bits per heavy atom. The topological polar surface area (TPSA) is 36.4 Å². The SMILES string of the molecule is CN=C1NC(c2ccccc2C(F)(F)F)NC2=C1CCCCC2. The van der Waals surface area contributed by atoms with Crippen molar-refractivity contribution < 1.29 is 13.2 Å². The molecule has 124 valence electrons. The normalized spacial score (nSPS) is 23.8. The fraction of sp³-hybridized carbons (Fsp3) is 0.471. The number of nitrogens with zero attached hydrogens (tertiary/aromatic N) is 1. The molecular formula is C17H20F3N3. The molecule has 3 rings (SSSR count). The molecule has 3 nitrogen and oxygen atoms in total. The number of hydrogen-bond acceptors (Lipinski definition) is 2. The number of amidine groups is 1. The van der Waals surface area contributed by atoms with Crippen molar-refractivity contribution in [3.63, 3.8) is 0 Å². The van der Waals surface area contributed by atoms with E-state index >= 15 is 0 Å². The number of alkyl halides is 3. The summed E-state index contributed by atoms with van der Waals surface area (Å²) in [5.41, 5.74) is 1.74. The second-order valence-electron chi connectivity index (χ2n) is 5.90. The molecule has 1 aromatic rings. The van der Waals surface area contributed by atoms with Crippen molar-refractivity contribution in [1.29, 1.82) is 0 Å². The maximum atomic E-state index is 13.3. The van der Waals surface area contributed by atoms with Gasteiger partial charge in [0.05, 0.1) is 5.56 Å². The van der Waals surface area contributed by atoms with Crippen LogP contribution in [0.5, 0.6) is 0 Å². The second kappa shape index (κ2) is 6.26. The largest absolute Gasteiger partial charge is 0.416 e. The van der Waals surface area contributed by atoms with E-state index < -0.39 is 17.9 Å². The molecule has 0 bridgehead atoms. The van der Waals surface area contributed by atoms with Gasteiger partial charge in [0.25, 0.3) is 0 Å². The monoisotopic (exact) mass is 323 g/mol. The molecule has 0 aromatic heterocycles. The highest BCUT2D eigenvalue weighted by Gasteiger charge is 2.36. The van der Waals surface area contributed by atoms with Crippen molar-refractivity contribution >= 4 is 5.84 Å². The van der Waals surface area contributed by atoms with Gasteiger partial charge in [-0.05, 0) is 31.7 Å². The van der Waals surface area contributed by atoms with Gasteiger partial charge in [0.1, 0.15) is 12.0 Å². The minimum atomic E-state index is -4.37. The average Bonchev–Trinajstić information content (AvgIpc) is 2.78. The Balaban J connectivity index is 1.99. The van der Waals surface area contributed by atoms with Crippen LogP contribution in [0, 0.1) is 0 Å². The van der Waals surface area contributed by atoms with E-state index in [0.717, 1.165) is 49.4 Å². The molecule has 1 aromatic carbocycles. The molecule has 0 saturated heterocycles. The van der Waals surface area contributed by atoms with Gasteiger partial charge in [0.2, 0.25) is 0 Å². The van der Waals surface area contributed by atoms with Crippen molar-refractivity contribution in [3.8, 4) is 0 Å². The van der Waals surface area contributed by atoms with Crippen LogP contribution in [0.4, 0.5) is 13.2 Å². The van der Waals surface area contributed by atoms with E-state index in [1.54, 1.807) is 13.1 Å². The molecule has 1 aliphatic heterocycles. The van der Waals surface area contributed by atoms with Gasteiger partial charge in [-0.1, -0.05) is 24.6 Å². The van der Waals surface area contributed by atoms with Crippen LogP contribution in [-0.2, 0) is 6.18 Å². The van der Waals surface area contributed by atoms with Gasteiger partial charge in [-0.15, -0.1) is 0 Å². The van der Waals surface area contributed by atoms with Gasteiger partial charge >= 0.3 is 6.18 Å². The van der Waals surface area contributed by atoms with E-state index in [-0.39, 0.29) is 5.56 Å². The predicted octanol–water partition coefficient (Wildman–Crippen LogP) is 4.14. The summed E-state index contributed by atoms with van der Waals surface area (Å²) in [6, 6.07) is 5.69. The molecule has 0 amide bonds. The summed E-state index contributed by atoms with van der Waals surface area (Å²) in [5, 5.41) is 6.42. The molecule has 0 spiro atoms. The predicted molar refractivity (Wildman–Crippen MR) is 83.9 cm³/mol. The summed E-state index contributed by atoms with van der Waals surface area (Å²) in [5.74, 6) is 0.711. The summed E-state index contributed by atoms with van der Waals surface area (Å²) in [6.07, 6.45) is 0.0675. The third-order valence-corrected chi connectivity index (χ3v) is 4.40. The van der Waals surface area contributed by atoms with Crippen molar-refractivity contribution in [3.05, 3.63) is 46.7 Å². The Morgan fingerprint density at radius 3 is 2.52 bits per heavy atom. The van der Waals surface area contributed by atoms with Gasteiger partial charge in [-0.3, -0.25) is 4.99 Å². The molecular weight excluding hydrogens is 303 g/mol. The number of halogens is 3. The summed E-state index contributed by atoms with van der Waals surface area (Å²) in [7, 11) is 1.68. The number of hydrogen-bond donors (Lipinski definition) is 2. The summed E-state index contributed by atoms with van der Waals surface area (Å²) in [6.45, 7) is 0. The van der Waals surface area contributed by atoms with Crippen LogP contribution in [0.3, 0.4) is 0 Å². The Morgan fingerprint density at radius 1 is 1.04 bits per heavy atom. The zero-order valence-corrected chi connectivity index (χ0v) is 13.0. The Kier molecular flexibility index (Phi) is 4.33. The molecule has 1 aliphatic carbocycles. The van der Waals surface area contributed by atoms with Crippen LogP contribution < -0.4 is 10.6 Å². The lowest BCUT2D eigenvalue weighted by Gasteiger charge is -2.33. The molecule has 6 heteroatoms. The third kappa shape index (κ3) is 3.21. The average molecular weight is 323 g/mol. The zero-order chi connectivity index (χ0) is 16.4. The van der Waals surface area contributed by atoms with Crippen molar-refractivity contribution in [2.45, 2.75) is 44.4 Å². The van der Waals surface area contributed by atoms with Crippen LogP contribution in [0.1, 0.15) is 49.4 Å². The van der Waals surface area contributed by atoms with Crippen LogP contribution in [0.2, 0.25) is 0 Å². The fourth-order valence-electron chi connectivity index (χ4n) is 3.30. The molecule has 23 heavy (non-hydrogen) atoms. The minimum absolute atomic E-state index is 0.206. The van der Waals surface area contributed by atoms with Crippen molar-refractivity contribution in [2.75, 3.05) is 7.05 Å². The number of aliphatic imine (C=N–C) groups is 1. The van der Waals surface area contributed by atoms with E-state index in [1.807, 2.05) is 0 Å². The molecule has 0 radical (unpaired) electrons. The summed E-state index contributed by atoms with van der Waals surface area (Å²) < 4.78 is 39.8. The summed E-state index contributed by atoms with van der Waals surface area (Å²) in [4.78, 5) is 4.27. The summed E-state index contributed by atoms with van der Waals surface area (Å²) >= 11 is 0. The van der Waals surface area contributed by atoms with Crippen LogP contribution in [0.25, 0.3) is 0 Å². The lowest BCUT2D eigenvalue weighted by atomic mass is 9.99. The number of nitrogens with one attached hydrogen (secondary N) is 2. The highest BCUT2D eigenvalue weighted by molar-refractivity contribution is 6.00. The van der Waals surface area contributed by atoms with E-state index in [2.05, 4.69) is 15.6 Å². The van der Waals surface area contributed by atoms with E-state index in [1.165, 1.54) is 12.1 Å². The second-order valence-corrected chi connectivity index (χ2v) is 5.90. The lowest BCUT2D eigenvalue weighted by Crippen LogP contribution is -2.45. The van der Waals surface area contributed by atoms with Crippen molar-refractivity contribution in [1.82, 2.24) is 10.6 Å².